The largest absolute Gasteiger partial charge is 0.508 e. The number of methoxy groups -OCH3 is 1. The van der Waals surface area contributed by atoms with Crippen LogP contribution >= 0.6 is 0 Å². The summed E-state index contributed by atoms with van der Waals surface area (Å²) in [6.07, 6.45) is 3.87. The molecule has 0 saturated carbocycles. The highest BCUT2D eigenvalue weighted by Crippen LogP contribution is 2.27. The van der Waals surface area contributed by atoms with E-state index < -0.39 is 5.97 Å². The van der Waals surface area contributed by atoms with Crippen LogP contribution in [0.2, 0.25) is 0 Å². The molecule has 0 heterocycles. The predicted octanol–water partition coefficient (Wildman–Crippen LogP) is 2.86. The summed E-state index contributed by atoms with van der Waals surface area (Å²) in [4.78, 5) is 11.3. The number of hydrogen-bond donors (Lipinski definition) is 1. The third kappa shape index (κ3) is 2.63. The Morgan fingerprint density at radius 3 is 2.75 bits per heavy atom. The van der Waals surface area contributed by atoms with Crippen LogP contribution < -0.4 is 0 Å². The molecule has 0 amide bonds. The average Bonchev–Trinajstić information content (AvgIpc) is 2.29. The van der Waals surface area contributed by atoms with Gasteiger partial charge in [-0.15, -0.1) is 0 Å². The van der Waals surface area contributed by atoms with Crippen LogP contribution in [0.3, 0.4) is 0 Å². The zero-order valence-electron chi connectivity index (χ0n) is 9.73. The topological polar surface area (TPSA) is 46.5 Å². The number of allylic oxidation sites excluding steroid dienone is 2. The third-order valence-electron chi connectivity index (χ3n) is 2.42. The smallest absolute Gasteiger partial charge is 0.337 e. The van der Waals surface area contributed by atoms with Crippen molar-refractivity contribution in [3.8, 4) is 5.75 Å². The second-order valence-corrected chi connectivity index (χ2v) is 3.58. The van der Waals surface area contributed by atoms with Crippen LogP contribution in [0, 0.1) is 0 Å². The van der Waals surface area contributed by atoms with Gasteiger partial charge in [0.2, 0.25) is 0 Å². The minimum absolute atomic E-state index is 0.0645. The van der Waals surface area contributed by atoms with E-state index in [1.54, 1.807) is 12.1 Å². The number of hydrogen-bond acceptors (Lipinski definition) is 3. The Labute approximate surface area is 95.4 Å². The first-order chi connectivity index (χ1) is 7.60. The number of carbonyl (C=O) groups is 1. The summed E-state index contributed by atoms with van der Waals surface area (Å²) in [5.74, 6) is -0.137. The van der Waals surface area contributed by atoms with E-state index in [9.17, 15) is 9.90 Å². The van der Waals surface area contributed by atoms with E-state index in [2.05, 4.69) is 4.74 Å². The van der Waals surface area contributed by atoms with Crippen molar-refractivity contribution in [2.45, 2.75) is 19.8 Å². The van der Waals surface area contributed by atoms with Gasteiger partial charge >= 0.3 is 5.97 Å². The number of rotatable bonds is 3. The maximum Gasteiger partial charge on any atom is 0.337 e. The third-order valence-corrected chi connectivity index (χ3v) is 2.42. The lowest BCUT2D eigenvalue weighted by atomic mass is 9.97. The monoisotopic (exact) mass is 220 g/mol. The van der Waals surface area contributed by atoms with Crippen LogP contribution in [-0.2, 0) is 4.74 Å². The Balaban J connectivity index is 3.13. The Hall–Kier alpha value is -1.77. The van der Waals surface area contributed by atoms with Gasteiger partial charge in [-0.25, -0.2) is 4.79 Å². The number of phenolic OH excluding ortho intramolecular Hbond substituents is 1. The van der Waals surface area contributed by atoms with Crippen molar-refractivity contribution in [2.75, 3.05) is 7.11 Å². The van der Waals surface area contributed by atoms with Gasteiger partial charge in [0.25, 0.3) is 0 Å². The fourth-order valence-corrected chi connectivity index (χ4v) is 1.56. The SMILES string of the molecule is CC=CC(C)c1cc(C(=O)OC)ccc1O. The highest BCUT2D eigenvalue weighted by Gasteiger charge is 2.12. The Kier molecular flexibility index (Phi) is 4.11. The summed E-state index contributed by atoms with van der Waals surface area (Å²) < 4.78 is 4.63. The number of carbonyl (C=O) groups excluding carboxylic acids is 1. The first kappa shape index (κ1) is 12.3. The Morgan fingerprint density at radius 1 is 1.50 bits per heavy atom. The van der Waals surface area contributed by atoms with E-state index >= 15 is 0 Å². The molecule has 0 radical (unpaired) electrons. The zero-order valence-corrected chi connectivity index (χ0v) is 9.73. The molecule has 1 rings (SSSR count). The Morgan fingerprint density at radius 2 is 2.19 bits per heavy atom. The van der Waals surface area contributed by atoms with E-state index in [-0.39, 0.29) is 11.7 Å². The fourth-order valence-electron chi connectivity index (χ4n) is 1.56. The van der Waals surface area contributed by atoms with Crippen LogP contribution in [-0.4, -0.2) is 18.2 Å². The summed E-state index contributed by atoms with van der Waals surface area (Å²) in [5.41, 5.74) is 1.17. The van der Waals surface area contributed by atoms with Gasteiger partial charge in [0.05, 0.1) is 12.7 Å². The van der Waals surface area contributed by atoms with Crippen LogP contribution in [0.5, 0.6) is 5.75 Å². The van der Waals surface area contributed by atoms with E-state index in [0.29, 0.717) is 5.56 Å². The maximum atomic E-state index is 11.3. The molecule has 0 aliphatic heterocycles. The molecule has 16 heavy (non-hydrogen) atoms. The first-order valence-corrected chi connectivity index (χ1v) is 5.14. The van der Waals surface area contributed by atoms with Gasteiger partial charge in [0.1, 0.15) is 5.75 Å². The number of aromatic hydroxyl groups is 1. The van der Waals surface area contributed by atoms with Crippen molar-refractivity contribution in [2.24, 2.45) is 0 Å². The van der Waals surface area contributed by atoms with Crippen LogP contribution in [0.25, 0.3) is 0 Å². The normalized spacial score (nSPS) is 12.7. The van der Waals surface area contributed by atoms with Gasteiger partial charge in [-0.3, -0.25) is 0 Å². The summed E-state index contributed by atoms with van der Waals surface area (Å²) >= 11 is 0. The number of ether oxygens (including phenoxy) is 1. The second-order valence-electron chi connectivity index (χ2n) is 3.58. The predicted molar refractivity (Wildman–Crippen MR) is 62.7 cm³/mol. The standard InChI is InChI=1S/C13H16O3/c1-4-5-9(2)11-8-10(13(15)16-3)6-7-12(11)14/h4-9,14H,1-3H3. The molecule has 0 bridgehead atoms. The average molecular weight is 220 g/mol. The van der Waals surface area contributed by atoms with Gasteiger partial charge in [0.15, 0.2) is 0 Å². The molecule has 1 atom stereocenters. The molecule has 3 nitrogen and oxygen atoms in total. The number of benzene rings is 1. The van der Waals surface area contributed by atoms with Crippen molar-refractivity contribution < 1.29 is 14.6 Å². The molecule has 1 aromatic carbocycles. The lowest BCUT2D eigenvalue weighted by Crippen LogP contribution is -2.02. The van der Waals surface area contributed by atoms with Crippen LogP contribution in [0.1, 0.15) is 35.7 Å². The van der Waals surface area contributed by atoms with Crippen molar-refractivity contribution in [1.29, 1.82) is 0 Å². The maximum absolute atomic E-state index is 11.3. The molecule has 0 fully saturated rings. The molecule has 1 unspecified atom stereocenters. The molecule has 0 aromatic heterocycles. The van der Waals surface area contributed by atoms with Crippen molar-refractivity contribution in [1.82, 2.24) is 0 Å². The summed E-state index contributed by atoms with van der Waals surface area (Å²) in [7, 11) is 1.34. The fraction of sp³-hybridized carbons (Fsp3) is 0.308. The summed E-state index contributed by atoms with van der Waals surface area (Å²) in [6, 6.07) is 4.72. The van der Waals surface area contributed by atoms with Crippen LogP contribution in [0.4, 0.5) is 0 Å². The van der Waals surface area contributed by atoms with Crippen molar-refractivity contribution >= 4 is 5.97 Å². The van der Waals surface area contributed by atoms with E-state index in [0.717, 1.165) is 5.56 Å². The molecule has 3 heteroatoms. The molecule has 1 N–H and O–H groups in total. The first-order valence-electron chi connectivity index (χ1n) is 5.14. The molecular weight excluding hydrogens is 204 g/mol. The lowest BCUT2D eigenvalue weighted by Gasteiger charge is -2.10. The minimum Gasteiger partial charge on any atom is -0.508 e. The van der Waals surface area contributed by atoms with Crippen LogP contribution in [0.15, 0.2) is 30.4 Å². The molecule has 86 valence electrons. The van der Waals surface area contributed by atoms with E-state index in [1.807, 2.05) is 26.0 Å². The summed E-state index contributed by atoms with van der Waals surface area (Å²) in [6.45, 7) is 3.87. The molecule has 0 saturated heterocycles. The van der Waals surface area contributed by atoms with Crippen molar-refractivity contribution in [3.63, 3.8) is 0 Å². The molecule has 0 aliphatic rings. The van der Waals surface area contributed by atoms with Gasteiger partial charge in [0, 0.05) is 11.5 Å². The highest BCUT2D eigenvalue weighted by atomic mass is 16.5. The van der Waals surface area contributed by atoms with E-state index in [1.165, 1.54) is 13.2 Å². The van der Waals surface area contributed by atoms with E-state index in [4.69, 9.17) is 0 Å². The second kappa shape index (κ2) is 5.35. The van der Waals surface area contributed by atoms with Gasteiger partial charge in [-0.1, -0.05) is 19.1 Å². The molecular formula is C13H16O3. The van der Waals surface area contributed by atoms with Crippen molar-refractivity contribution in [3.05, 3.63) is 41.5 Å². The molecule has 1 aromatic rings. The molecule has 0 spiro atoms. The zero-order chi connectivity index (χ0) is 12.1. The summed E-state index contributed by atoms with van der Waals surface area (Å²) in [5, 5.41) is 9.70. The van der Waals surface area contributed by atoms with Gasteiger partial charge in [-0.05, 0) is 25.1 Å². The number of esters is 1. The lowest BCUT2D eigenvalue weighted by molar-refractivity contribution is 0.0600. The Bertz CT molecular complexity index is 408. The molecule has 0 aliphatic carbocycles. The van der Waals surface area contributed by atoms with Gasteiger partial charge < -0.3 is 9.84 Å². The quantitative estimate of drug-likeness (QED) is 0.629. The minimum atomic E-state index is -0.395. The highest BCUT2D eigenvalue weighted by molar-refractivity contribution is 5.89. The van der Waals surface area contributed by atoms with Gasteiger partial charge in [-0.2, -0.15) is 0 Å². The number of phenols is 1.